The molecule has 0 heterocycles. The summed E-state index contributed by atoms with van der Waals surface area (Å²) in [4.78, 5) is 0. The van der Waals surface area contributed by atoms with Gasteiger partial charge < -0.3 is 5.32 Å². The third kappa shape index (κ3) is 3.70. The van der Waals surface area contributed by atoms with Gasteiger partial charge in [0.05, 0.1) is 0 Å². The lowest BCUT2D eigenvalue weighted by atomic mass is 9.78. The predicted molar refractivity (Wildman–Crippen MR) is 83.5 cm³/mol. The van der Waals surface area contributed by atoms with Gasteiger partial charge in [0, 0.05) is 6.04 Å². The number of hydrogen-bond donors (Lipinski definition) is 1. The van der Waals surface area contributed by atoms with Gasteiger partial charge >= 0.3 is 0 Å². The van der Waals surface area contributed by atoms with E-state index in [4.69, 9.17) is 0 Å². The second kappa shape index (κ2) is 6.91. The first-order chi connectivity index (χ1) is 9.24. The standard InChI is InChI=1S/C18H27N/c1-4-14(3)12-18(19-5-2)17-11-10-15-8-6-7-9-16(15)13-17/h6-9,17-19H,3-5,10-13H2,1-2H3. The lowest BCUT2D eigenvalue weighted by Crippen LogP contribution is -2.39. The molecule has 0 radical (unpaired) electrons. The minimum atomic E-state index is 0.603. The van der Waals surface area contributed by atoms with Gasteiger partial charge in [0.25, 0.3) is 0 Å². The Hall–Kier alpha value is -1.08. The van der Waals surface area contributed by atoms with Gasteiger partial charge in [-0.25, -0.2) is 0 Å². The number of hydrogen-bond acceptors (Lipinski definition) is 1. The molecule has 0 fully saturated rings. The van der Waals surface area contributed by atoms with Crippen molar-refractivity contribution in [3.05, 3.63) is 47.5 Å². The van der Waals surface area contributed by atoms with Crippen LogP contribution < -0.4 is 5.32 Å². The molecule has 19 heavy (non-hydrogen) atoms. The predicted octanol–water partition coefficient (Wildman–Crippen LogP) is 4.13. The van der Waals surface area contributed by atoms with Crippen LogP contribution in [0.1, 0.15) is 44.2 Å². The highest BCUT2D eigenvalue weighted by molar-refractivity contribution is 5.30. The number of fused-ring (bicyclic) bond motifs is 1. The van der Waals surface area contributed by atoms with Crippen LogP contribution in [0.15, 0.2) is 36.4 Å². The van der Waals surface area contributed by atoms with Crippen LogP contribution in [0.5, 0.6) is 0 Å². The summed E-state index contributed by atoms with van der Waals surface area (Å²) in [5, 5.41) is 3.69. The summed E-state index contributed by atoms with van der Waals surface area (Å²) in [6.45, 7) is 9.67. The lowest BCUT2D eigenvalue weighted by Gasteiger charge is -2.32. The van der Waals surface area contributed by atoms with Crippen molar-refractivity contribution in [2.75, 3.05) is 6.54 Å². The Kier molecular flexibility index (Phi) is 5.21. The molecule has 1 aromatic rings. The van der Waals surface area contributed by atoms with E-state index in [1.54, 1.807) is 11.1 Å². The molecule has 1 heteroatoms. The van der Waals surface area contributed by atoms with E-state index in [0.29, 0.717) is 6.04 Å². The van der Waals surface area contributed by atoms with Crippen molar-refractivity contribution in [1.29, 1.82) is 0 Å². The Morgan fingerprint density at radius 2 is 2.05 bits per heavy atom. The average Bonchev–Trinajstić information content (AvgIpc) is 2.46. The first-order valence-electron chi connectivity index (χ1n) is 7.71. The number of aryl methyl sites for hydroxylation is 1. The SMILES string of the molecule is C=C(CC)CC(NCC)C1CCc2ccccc2C1. The third-order valence-electron chi connectivity index (χ3n) is 4.43. The van der Waals surface area contributed by atoms with Crippen LogP contribution in [0.4, 0.5) is 0 Å². The monoisotopic (exact) mass is 257 g/mol. The molecule has 1 aliphatic rings. The van der Waals surface area contributed by atoms with Gasteiger partial charge in [0.2, 0.25) is 0 Å². The first-order valence-corrected chi connectivity index (χ1v) is 7.71. The van der Waals surface area contributed by atoms with E-state index in [2.05, 4.69) is 50.0 Å². The summed E-state index contributed by atoms with van der Waals surface area (Å²) < 4.78 is 0. The average molecular weight is 257 g/mol. The van der Waals surface area contributed by atoms with Gasteiger partial charge in [-0.15, -0.1) is 0 Å². The number of rotatable bonds is 6. The summed E-state index contributed by atoms with van der Waals surface area (Å²) in [6.07, 6.45) is 6.01. The summed E-state index contributed by atoms with van der Waals surface area (Å²) in [7, 11) is 0. The fourth-order valence-corrected chi connectivity index (χ4v) is 3.19. The highest BCUT2D eigenvalue weighted by Gasteiger charge is 2.25. The molecule has 0 aliphatic heterocycles. The highest BCUT2D eigenvalue weighted by atomic mass is 14.9. The molecule has 0 aromatic heterocycles. The maximum atomic E-state index is 4.19. The van der Waals surface area contributed by atoms with Gasteiger partial charge in [-0.1, -0.05) is 50.3 Å². The van der Waals surface area contributed by atoms with Crippen LogP contribution in [-0.2, 0) is 12.8 Å². The lowest BCUT2D eigenvalue weighted by molar-refractivity contribution is 0.320. The van der Waals surface area contributed by atoms with E-state index >= 15 is 0 Å². The molecule has 2 rings (SSSR count). The molecule has 0 saturated heterocycles. The zero-order chi connectivity index (χ0) is 13.7. The van der Waals surface area contributed by atoms with E-state index in [-0.39, 0.29) is 0 Å². The zero-order valence-electron chi connectivity index (χ0n) is 12.4. The quantitative estimate of drug-likeness (QED) is 0.756. The van der Waals surface area contributed by atoms with Crippen molar-refractivity contribution in [2.24, 2.45) is 5.92 Å². The summed E-state index contributed by atoms with van der Waals surface area (Å²) in [5.41, 5.74) is 4.50. The van der Waals surface area contributed by atoms with Crippen LogP contribution in [0, 0.1) is 5.92 Å². The largest absolute Gasteiger partial charge is 0.314 e. The molecule has 0 bridgehead atoms. The van der Waals surface area contributed by atoms with Gasteiger partial charge in [-0.2, -0.15) is 0 Å². The number of nitrogens with one attached hydrogen (secondary N) is 1. The molecule has 0 spiro atoms. The maximum absolute atomic E-state index is 4.19. The van der Waals surface area contributed by atoms with Gasteiger partial charge in [-0.3, -0.25) is 0 Å². The van der Waals surface area contributed by atoms with Crippen molar-refractivity contribution >= 4 is 0 Å². The van der Waals surface area contributed by atoms with Crippen molar-refractivity contribution in [3.8, 4) is 0 Å². The van der Waals surface area contributed by atoms with E-state index < -0.39 is 0 Å². The molecule has 0 amide bonds. The molecule has 104 valence electrons. The smallest absolute Gasteiger partial charge is 0.0136 e. The van der Waals surface area contributed by atoms with Crippen molar-refractivity contribution < 1.29 is 0 Å². The summed E-state index contributed by atoms with van der Waals surface area (Å²) >= 11 is 0. The molecule has 1 aliphatic carbocycles. The molecule has 2 unspecified atom stereocenters. The van der Waals surface area contributed by atoms with Crippen molar-refractivity contribution in [2.45, 2.75) is 52.0 Å². The van der Waals surface area contributed by atoms with Gasteiger partial charge in [0.1, 0.15) is 0 Å². The van der Waals surface area contributed by atoms with Crippen LogP contribution in [0.25, 0.3) is 0 Å². The first kappa shape index (κ1) is 14.3. The highest BCUT2D eigenvalue weighted by Crippen LogP contribution is 2.29. The van der Waals surface area contributed by atoms with Crippen molar-refractivity contribution in [3.63, 3.8) is 0 Å². The molecular formula is C18H27N. The van der Waals surface area contributed by atoms with Crippen LogP contribution in [-0.4, -0.2) is 12.6 Å². The Morgan fingerprint density at radius 3 is 2.74 bits per heavy atom. The molecule has 1 aromatic carbocycles. The van der Waals surface area contributed by atoms with Crippen LogP contribution in [0.3, 0.4) is 0 Å². The Balaban J connectivity index is 2.05. The second-order valence-corrected chi connectivity index (χ2v) is 5.74. The minimum absolute atomic E-state index is 0.603. The third-order valence-corrected chi connectivity index (χ3v) is 4.43. The maximum Gasteiger partial charge on any atom is 0.0136 e. The fourth-order valence-electron chi connectivity index (χ4n) is 3.19. The Labute approximate surface area is 118 Å². The Morgan fingerprint density at radius 1 is 1.32 bits per heavy atom. The molecule has 1 N–H and O–H groups in total. The zero-order valence-corrected chi connectivity index (χ0v) is 12.4. The normalized spacial score (nSPS) is 19.8. The van der Waals surface area contributed by atoms with Crippen molar-refractivity contribution in [1.82, 2.24) is 5.32 Å². The topological polar surface area (TPSA) is 12.0 Å². The molecule has 2 atom stereocenters. The summed E-state index contributed by atoms with van der Waals surface area (Å²) in [5.74, 6) is 0.762. The van der Waals surface area contributed by atoms with E-state index in [1.165, 1.54) is 24.8 Å². The van der Waals surface area contributed by atoms with Gasteiger partial charge in [-0.05, 0) is 55.7 Å². The Bertz CT molecular complexity index is 421. The second-order valence-electron chi connectivity index (χ2n) is 5.74. The molecule has 0 saturated carbocycles. The van der Waals surface area contributed by atoms with E-state index in [9.17, 15) is 0 Å². The fraction of sp³-hybridized carbons (Fsp3) is 0.556. The number of benzene rings is 1. The summed E-state index contributed by atoms with van der Waals surface area (Å²) in [6, 6.07) is 9.54. The minimum Gasteiger partial charge on any atom is -0.314 e. The molecule has 1 nitrogen and oxygen atoms in total. The van der Waals surface area contributed by atoms with Crippen LogP contribution in [0.2, 0.25) is 0 Å². The van der Waals surface area contributed by atoms with Crippen LogP contribution >= 0.6 is 0 Å². The van der Waals surface area contributed by atoms with E-state index in [1.807, 2.05) is 0 Å². The van der Waals surface area contributed by atoms with Gasteiger partial charge in [0.15, 0.2) is 0 Å². The van der Waals surface area contributed by atoms with E-state index in [0.717, 1.165) is 25.3 Å². The molecular weight excluding hydrogens is 230 g/mol.